The molecule has 1 aromatic heterocycles. The van der Waals surface area contributed by atoms with E-state index < -0.39 is 0 Å². The molecule has 4 N–H and O–H groups in total. The molecule has 0 spiro atoms. The van der Waals surface area contributed by atoms with Gasteiger partial charge in [0.25, 0.3) is 0 Å². The summed E-state index contributed by atoms with van der Waals surface area (Å²) in [6.45, 7) is 0. The van der Waals surface area contributed by atoms with Crippen molar-refractivity contribution in [3.63, 3.8) is 0 Å². The molecule has 7 heteroatoms. The van der Waals surface area contributed by atoms with Crippen LogP contribution in [0.25, 0.3) is 11.1 Å². The Labute approximate surface area is 131 Å². The van der Waals surface area contributed by atoms with Crippen molar-refractivity contribution in [3.8, 4) is 11.1 Å². The maximum absolute atomic E-state index is 6.20. The van der Waals surface area contributed by atoms with Gasteiger partial charge in [-0.3, -0.25) is 0 Å². The number of aromatic amines is 1. The molecule has 5 nitrogen and oxygen atoms in total. The molecule has 1 heterocycles. The summed E-state index contributed by atoms with van der Waals surface area (Å²) in [6.07, 6.45) is 0. The number of nitrogens with zero attached hydrogens (tertiary/aromatic N) is 2. The second-order valence-electron chi connectivity index (χ2n) is 4.34. The minimum absolute atomic E-state index is 0.261. The van der Waals surface area contributed by atoms with E-state index in [-0.39, 0.29) is 5.95 Å². The third kappa shape index (κ3) is 2.94. The van der Waals surface area contributed by atoms with Crippen LogP contribution in [0, 0.1) is 0 Å². The highest BCUT2D eigenvalue weighted by Gasteiger charge is 2.08. The van der Waals surface area contributed by atoms with Crippen molar-refractivity contribution in [2.24, 2.45) is 0 Å². The molecule has 0 bridgehead atoms. The molecule has 0 aliphatic heterocycles. The summed E-state index contributed by atoms with van der Waals surface area (Å²) in [4.78, 5) is 3.97. The Morgan fingerprint density at radius 2 is 1.67 bits per heavy atom. The Kier molecular flexibility index (Phi) is 3.68. The van der Waals surface area contributed by atoms with Gasteiger partial charge in [-0.15, -0.1) is 5.10 Å². The van der Waals surface area contributed by atoms with Crippen LogP contribution in [0.5, 0.6) is 0 Å². The van der Waals surface area contributed by atoms with Gasteiger partial charge in [-0.2, -0.15) is 4.98 Å². The van der Waals surface area contributed by atoms with Gasteiger partial charge in [0.15, 0.2) is 0 Å². The smallest absolute Gasteiger partial charge is 0.248 e. The third-order valence-electron chi connectivity index (χ3n) is 2.90. The van der Waals surface area contributed by atoms with Crippen molar-refractivity contribution in [3.05, 3.63) is 52.5 Å². The van der Waals surface area contributed by atoms with Gasteiger partial charge in [0.1, 0.15) is 0 Å². The van der Waals surface area contributed by atoms with Crippen molar-refractivity contribution < 1.29 is 0 Å². The van der Waals surface area contributed by atoms with Gasteiger partial charge in [-0.1, -0.05) is 41.4 Å². The van der Waals surface area contributed by atoms with Crippen LogP contribution in [-0.4, -0.2) is 15.2 Å². The second kappa shape index (κ2) is 5.63. The van der Waals surface area contributed by atoms with Gasteiger partial charge in [0.05, 0.1) is 0 Å². The van der Waals surface area contributed by atoms with Crippen LogP contribution < -0.4 is 11.1 Å². The number of anilines is 3. The molecule has 0 atom stereocenters. The maximum Gasteiger partial charge on any atom is 0.248 e. The summed E-state index contributed by atoms with van der Waals surface area (Å²) < 4.78 is 0. The summed E-state index contributed by atoms with van der Waals surface area (Å²) >= 11 is 12.4. The van der Waals surface area contributed by atoms with Gasteiger partial charge in [-0.05, 0) is 29.8 Å². The lowest BCUT2D eigenvalue weighted by molar-refractivity contribution is 1.10. The number of nitrogens with one attached hydrogen (secondary N) is 2. The van der Waals surface area contributed by atoms with E-state index in [9.17, 15) is 0 Å². The fraction of sp³-hybridized carbons (Fsp3) is 0. The lowest BCUT2D eigenvalue weighted by Crippen LogP contribution is -1.93. The quantitative estimate of drug-likeness (QED) is 0.678. The molecule has 0 radical (unpaired) electrons. The number of rotatable bonds is 3. The summed E-state index contributed by atoms with van der Waals surface area (Å²) in [5.41, 5.74) is 8.05. The minimum atomic E-state index is 0.261. The first-order valence-electron chi connectivity index (χ1n) is 6.13. The van der Waals surface area contributed by atoms with Crippen LogP contribution in [0.4, 0.5) is 17.6 Å². The van der Waals surface area contributed by atoms with E-state index in [0.717, 1.165) is 16.8 Å². The number of benzene rings is 2. The van der Waals surface area contributed by atoms with Crippen molar-refractivity contribution in [1.82, 2.24) is 15.2 Å². The van der Waals surface area contributed by atoms with E-state index in [1.165, 1.54) is 0 Å². The summed E-state index contributed by atoms with van der Waals surface area (Å²) in [6, 6.07) is 13.1. The molecule has 0 saturated carbocycles. The van der Waals surface area contributed by atoms with E-state index >= 15 is 0 Å². The lowest BCUT2D eigenvalue weighted by Gasteiger charge is -2.08. The number of hydrogen-bond donors (Lipinski definition) is 3. The van der Waals surface area contributed by atoms with Crippen LogP contribution in [0.15, 0.2) is 42.5 Å². The van der Waals surface area contributed by atoms with Crippen molar-refractivity contribution >= 4 is 40.8 Å². The first kappa shape index (κ1) is 13.7. The van der Waals surface area contributed by atoms with Crippen molar-refractivity contribution in [1.29, 1.82) is 0 Å². The minimum Gasteiger partial charge on any atom is -0.368 e. The Morgan fingerprint density at radius 3 is 2.24 bits per heavy atom. The van der Waals surface area contributed by atoms with Crippen molar-refractivity contribution in [2.75, 3.05) is 11.1 Å². The third-order valence-corrected chi connectivity index (χ3v) is 3.53. The van der Waals surface area contributed by atoms with Gasteiger partial charge < -0.3 is 11.1 Å². The topological polar surface area (TPSA) is 79.6 Å². The van der Waals surface area contributed by atoms with E-state index in [1.54, 1.807) is 0 Å². The molecule has 21 heavy (non-hydrogen) atoms. The average Bonchev–Trinajstić information content (AvgIpc) is 2.86. The average molecular weight is 320 g/mol. The Balaban J connectivity index is 1.87. The highest BCUT2D eigenvalue weighted by molar-refractivity contribution is 6.39. The summed E-state index contributed by atoms with van der Waals surface area (Å²) in [5.74, 6) is 0.674. The molecule has 0 saturated heterocycles. The van der Waals surface area contributed by atoms with Crippen molar-refractivity contribution in [2.45, 2.75) is 0 Å². The van der Waals surface area contributed by atoms with E-state index in [0.29, 0.717) is 16.0 Å². The SMILES string of the molecule is Nc1nc(Nc2ccc(-c3c(Cl)cccc3Cl)cc2)n[nH]1. The number of nitrogen functional groups attached to an aromatic ring is 1. The number of halogens is 2. The molecule has 3 rings (SSSR count). The zero-order valence-corrected chi connectivity index (χ0v) is 12.3. The summed E-state index contributed by atoms with van der Waals surface area (Å²) in [7, 11) is 0. The van der Waals surface area contributed by atoms with Gasteiger partial charge in [-0.25, -0.2) is 5.10 Å². The molecule has 0 aliphatic rings. The Morgan fingerprint density at radius 1 is 1.00 bits per heavy atom. The molecule has 2 aromatic carbocycles. The van der Waals surface area contributed by atoms with Crippen LogP contribution in [0.3, 0.4) is 0 Å². The maximum atomic E-state index is 6.20. The van der Waals surface area contributed by atoms with Crippen LogP contribution in [0.2, 0.25) is 10.0 Å². The molecule has 0 unspecified atom stereocenters. The molecule has 0 aliphatic carbocycles. The predicted octanol–water partition coefficient (Wildman–Crippen LogP) is 4.10. The largest absolute Gasteiger partial charge is 0.368 e. The van der Waals surface area contributed by atoms with Crippen LogP contribution in [-0.2, 0) is 0 Å². The van der Waals surface area contributed by atoms with Gasteiger partial charge in [0, 0.05) is 21.3 Å². The number of hydrogen-bond acceptors (Lipinski definition) is 4. The fourth-order valence-corrected chi connectivity index (χ4v) is 2.57. The predicted molar refractivity (Wildman–Crippen MR) is 86.0 cm³/mol. The highest BCUT2D eigenvalue weighted by atomic mass is 35.5. The molecule has 0 fully saturated rings. The van der Waals surface area contributed by atoms with E-state index in [2.05, 4.69) is 20.5 Å². The second-order valence-corrected chi connectivity index (χ2v) is 5.16. The molecular formula is C14H11Cl2N5. The molecule has 106 valence electrons. The standard InChI is InChI=1S/C14H11Cl2N5/c15-10-2-1-3-11(16)12(10)8-4-6-9(7-5-8)18-14-19-13(17)20-21-14/h1-7H,(H4,17,18,19,20,21). The summed E-state index contributed by atoms with van der Waals surface area (Å²) in [5, 5.41) is 10.7. The monoisotopic (exact) mass is 319 g/mol. The van der Waals surface area contributed by atoms with Gasteiger partial charge >= 0.3 is 0 Å². The number of H-pyrrole nitrogens is 1. The molecule has 0 amide bonds. The molecular weight excluding hydrogens is 309 g/mol. The Hall–Kier alpha value is -2.24. The lowest BCUT2D eigenvalue weighted by atomic mass is 10.1. The van der Waals surface area contributed by atoms with Crippen LogP contribution >= 0.6 is 23.2 Å². The molecule has 3 aromatic rings. The Bertz CT molecular complexity index is 747. The normalized spacial score (nSPS) is 10.6. The first-order valence-corrected chi connectivity index (χ1v) is 6.88. The zero-order chi connectivity index (χ0) is 14.8. The number of aromatic nitrogens is 3. The fourth-order valence-electron chi connectivity index (χ4n) is 1.95. The first-order chi connectivity index (χ1) is 10.1. The zero-order valence-electron chi connectivity index (χ0n) is 10.8. The van der Waals surface area contributed by atoms with E-state index in [4.69, 9.17) is 28.9 Å². The van der Waals surface area contributed by atoms with E-state index in [1.807, 2.05) is 42.5 Å². The highest BCUT2D eigenvalue weighted by Crippen LogP contribution is 2.35. The number of nitrogens with two attached hydrogens (primary N) is 1. The van der Waals surface area contributed by atoms with Gasteiger partial charge in [0.2, 0.25) is 11.9 Å². The van der Waals surface area contributed by atoms with Crippen LogP contribution in [0.1, 0.15) is 0 Å².